The SMILES string of the molecule is CC(C)(C)OC(=O)N1CC(C)([C@](O)(c2ccc(S(F)(F)(F)(F)F)cc2)c2cncc(-c3noc(C(C)(C)O)n3)c2)C1. The molecule has 3 heterocycles. The number of halogens is 5. The number of carbonyl (C=O) groups excluding carboxylic acids is 1. The molecule has 15 heteroatoms. The number of hydrogen-bond acceptors (Lipinski definition) is 8. The summed E-state index contributed by atoms with van der Waals surface area (Å²) in [5.41, 5.74) is -5.45. The fourth-order valence-electron chi connectivity index (χ4n) is 4.65. The van der Waals surface area contributed by atoms with E-state index in [2.05, 4.69) is 15.1 Å². The van der Waals surface area contributed by atoms with Gasteiger partial charge in [-0.3, -0.25) is 4.98 Å². The van der Waals surface area contributed by atoms with Gasteiger partial charge in [-0.1, -0.05) is 43.6 Å². The predicted molar refractivity (Wildman–Crippen MR) is 140 cm³/mol. The smallest absolute Gasteiger partial charge is 0.410 e. The maximum Gasteiger partial charge on any atom is 0.410 e. The standard InChI is InChI=1S/C26H31F5N4O5S/c1-23(2,3)39-22(36)35-14-25(6,15-35)26(38,17-7-9-19(10-8-17)41(27,28,29,30)31)18-11-16(12-32-13-18)20-33-21(40-34-20)24(4,5)37/h7-13,37-38H,14-15H2,1-6H3/t26-/m0/s1. The molecule has 9 nitrogen and oxygen atoms in total. The topological polar surface area (TPSA) is 122 Å². The van der Waals surface area contributed by atoms with E-state index >= 15 is 0 Å². The summed E-state index contributed by atoms with van der Waals surface area (Å²) >= 11 is 0. The van der Waals surface area contributed by atoms with Crippen LogP contribution in [0.4, 0.5) is 24.2 Å². The van der Waals surface area contributed by atoms with Crippen LogP contribution < -0.4 is 0 Å². The van der Waals surface area contributed by atoms with Gasteiger partial charge in [0.05, 0.1) is 0 Å². The van der Waals surface area contributed by atoms with Gasteiger partial charge in [0.2, 0.25) is 5.82 Å². The van der Waals surface area contributed by atoms with Gasteiger partial charge >= 0.3 is 16.3 Å². The van der Waals surface area contributed by atoms with E-state index in [1.165, 1.54) is 37.2 Å². The number of carbonyl (C=O) groups is 1. The van der Waals surface area contributed by atoms with Gasteiger partial charge < -0.3 is 24.4 Å². The van der Waals surface area contributed by atoms with Crippen molar-refractivity contribution >= 4 is 16.3 Å². The third kappa shape index (κ3) is 6.02. The molecule has 1 saturated heterocycles. The van der Waals surface area contributed by atoms with E-state index in [4.69, 9.17) is 9.26 Å². The quantitative estimate of drug-likeness (QED) is 0.305. The van der Waals surface area contributed by atoms with Crippen LogP contribution in [0.1, 0.15) is 58.6 Å². The van der Waals surface area contributed by atoms with E-state index in [1.54, 1.807) is 27.7 Å². The van der Waals surface area contributed by atoms with E-state index < -0.39 is 43.4 Å². The molecule has 0 bridgehead atoms. The highest BCUT2D eigenvalue weighted by Crippen LogP contribution is 3.02. The van der Waals surface area contributed by atoms with Gasteiger partial charge in [-0.15, -0.1) is 0 Å². The van der Waals surface area contributed by atoms with Gasteiger partial charge in [0, 0.05) is 42.0 Å². The Hall–Kier alpha value is -3.30. The highest BCUT2D eigenvalue weighted by atomic mass is 32.5. The number of amides is 1. The second-order valence-electron chi connectivity index (χ2n) is 12.0. The Morgan fingerprint density at radius 3 is 2.07 bits per heavy atom. The lowest BCUT2D eigenvalue weighted by Gasteiger charge is -2.56. The summed E-state index contributed by atoms with van der Waals surface area (Å²) in [5.74, 6) is -0.0945. The normalized spacial score (nSPS) is 19.0. The molecular formula is C26H31F5N4O5S. The molecule has 41 heavy (non-hydrogen) atoms. The summed E-state index contributed by atoms with van der Waals surface area (Å²) in [6.07, 6.45) is 1.95. The number of hydrogen-bond donors (Lipinski definition) is 2. The van der Waals surface area contributed by atoms with Crippen LogP contribution in [-0.2, 0) is 15.9 Å². The average Bonchev–Trinajstić information content (AvgIpc) is 3.30. The zero-order valence-corrected chi connectivity index (χ0v) is 24.0. The van der Waals surface area contributed by atoms with Crippen molar-refractivity contribution in [2.75, 3.05) is 13.1 Å². The number of ether oxygens (including phenoxy) is 1. The molecule has 0 aliphatic carbocycles. The third-order valence-electron chi connectivity index (χ3n) is 6.69. The number of rotatable bonds is 6. The predicted octanol–water partition coefficient (Wildman–Crippen LogP) is 6.51. The van der Waals surface area contributed by atoms with Crippen molar-refractivity contribution in [1.29, 1.82) is 0 Å². The minimum absolute atomic E-state index is 0.00392. The van der Waals surface area contributed by atoms with Crippen LogP contribution >= 0.6 is 10.2 Å². The first-order chi connectivity index (χ1) is 18.3. The van der Waals surface area contributed by atoms with Crippen molar-refractivity contribution in [3.63, 3.8) is 0 Å². The summed E-state index contributed by atoms with van der Waals surface area (Å²) in [6.45, 7) is 9.33. The summed E-state index contributed by atoms with van der Waals surface area (Å²) < 4.78 is 77.7. The fraction of sp³-hybridized carbons (Fsp3) is 0.462. The molecule has 0 saturated carbocycles. The highest BCUT2D eigenvalue weighted by Gasteiger charge is 2.65. The monoisotopic (exact) mass is 606 g/mol. The van der Waals surface area contributed by atoms with E-state index in [9.17, 15) is 34.4 Å². The Balaban J connectivity index is 1.80. The Labute approximate surface area is 233 Å². The van der Waals surface area contributed by atoms with E-state index in [1.807, 2.05) is 0 Å². The largest absolute Gasteiger partial charge is 0.444 e. The summed E-state index contributed by atoms with van der Waals surface area (Å²) in [6, 6.07) is 3.43. The Morgan fingerprint density at radius 2 is 1.59 bits per heavy atom. The average molecular weight is 607 g/mol. The van der Waals surface area contributed by atoms with Gasteiger partial charge in [-0.25, -0.2) is 4.79 Å². The van der Waals surface area contributed by atoms with Crippen molar-refractivity contribution < 1.29 is 43.7 Å². The molecule has 1 aliphatic rings. The number of likely N-dealkylation sites (tertiary alicyclic amines) is 1. The highest BCUT2D eigenvalue weighted by molar-refractivity contribution is 8.45. The zero-order chi connectivity index (χ0) is 30.9. The molecule has 1 aromatic carbocycles. The van der Waals surface area contributed by atoms with Crippen molar-refractivity contribution in [3.8, 4) is 11.4 Å². The van der Waals surface area contributed by atoms with E-state index in [0.717, 1.165) is 12.1 Å². The number of benzene rings is 1. The molecule has 1 atom stereocenters. The second kappa shape index (κ2) is 8.61. The fourth-order valence-corrected chi connectivity index (χ4v) is 5.30. The maximum absolute atomic E-state index is 13.4. The van der Waals surface area contributed by atoms with Crippen LogP contribution in [0.2, 0.25) is 0 Å². The first-order valence-corrected chi connectivity index (χ1v) is 14.3. The Morgan fingerprint density at radius 1 is 1.00 bits per heavy atom. The van der Waals surface area contributed by atoms with Crippen LogP contribution in [0, 0.1) is 5.41 Å². The van der Waals surface area contributed by atoms with Crippen LogP contribution in [0.15, 0.2) is 52.1 Å². The molecule has 2 aromatic heterocycles. The maximum atomic E-state index is 13.4. The van der Waals surface area contributed by atoms with E-state index in [0.29, 0.717) is 0 Å². The van der Waals surface area contributed by atoms with Gasteiger partial charge in [0.15, 0.2) is 0 Å². The summed E-state index contributed by atoms with van der Waals surface area (Å²) in [4.78, 5) is 20.1. The first-order valence-electron chi connectivity index (χ1n) is 12.4. The van der Waals surface area contributed by atoms with Gasteiger partial charge in [0.1, 0.15) is 21.7 Å². The molecule has 0 spiro atoms. The molecule has 4 rings (SSSR count). The van der Waals surface area contributed by atoms with Crippen molar-refractivity contribution in [2.24, 2.45) is 5.41 Å². The summed E-state index contributed by atoms with van der Waals surface area (Å²) in [7, 11) is -9.98. The van der Waals surface area contributed by atoms with Gasteiger partial charge in [0.25, 0.3) is 5.89 Å². The lowest BCUT2D eigenvalue weighted by atomic mass is 9.62. The minimum Gasteiger partial charge on any atom is -0.444 e. The zero-order valence-electron chi connectivity index (χ0n) is 23.2. The van der Waals surface area contributed by atoms with Crippen LogP contribution in [-0.4, -0.2) is 55.0 Å². The second-order valence-corrected chi connectivity index (χ2v) is 14.5. The molecule has 0 radical (unpaired) electrons. The van der Waals surface area contributed by atoms with Crippen molar-refractivity contribution in [1.82, 2.24) is 20.0 Å². The molecular weight excluding hydrogens is 575 g/mol. The number of aliphatic hydroxyl groups is 2. The molecule has 1 aliphatic heterocycles. The molecule has 1 amide bonds. The van der Waals surface area contributed by atoms with Crippen LogP contribution in [0.25, 0.3) is 11.4 Å². The number of pyridine rings is 1. The molecule has 2 N–H and O–H groups in total. The lowest BCUT2D eigenvalue weighted by Crippen LogP contribution is -2.66. The molecule has 3 aromatic rings. The van der Waals surface area contributed by atoms with Crippen molar-refractivity contribution in [3.05, 3.63) is 59.7 Å². The number of aromatic nitrogens is 3. The lowest BCUT2D eigenvalue weighted by molar-refractivity contribution is -0.131. The first kappa shape index (κ1) is 30.7. The van der Waals surface area contributed by atoms with Gasteiger partial charge in [-0.05, 0) is 58.4 Å². The molecule has 0 unspecified atom stereocenters. The third-order valence-corrected chi connectivity index (χ3v) is 7.85. The Kier molecular flexibility index (Phi) is 6.44. The minimum atomic E-state index is -9.98. The van der Waals surface area contributed by atoms with Gasteiger partial charge in [-0.2, -0.15) is 4.98 Å². The Bertz CT molecular complexity index is 1480. The summed E-state index contributed by atoms with van der Waals surface area (Å²) in [5, 5.41) is 26.3. The van der Waals surface area contributed by atoms with E-state index in [-0.39, 0.29) is 53.6 Å². The molecule has 1 fully saturated rings. The molecule has 226 valence electrons. The van der Waals surface area contributed by atoms with Crippen LogP contribution in [0.5, 0.6) is 0 Å². The van der Waals surface area contributed by atoms with Crippen molar-refractivity contribution in [2.45, 2.75) is 63.2 Å². The number of nitrogens with zero attached hydrogens (tertiary/aromatic N) is 4. The van der Waals surface area contributed by atoms with Crippen LogP contribution in [0.3, 0.4) is 0 Å².